The summed E-state index contributed by atoms with van der Waals surface area (Å²) in [6.07, 6.45) is 4.00. The highest BCUT2D eigenvalue weighted by Crippen LogP contribution is 2.22. The fourth-order valence-electron chi connectivity index (χ4n) is 2.72. The van der Waals surface area contributed by atoms with E-state index in [2.05, 4.69) is 20.6 Å². The lowest BCUT2D eigenvalue weighted by Crippen LogP contribution is -2.21. The summed E-state index contributed by atoms with van der Waals surface area (Å²) < 4.78 is 13.3. The van der Waals surface area contributed by atoms with Gasteiger partial charge in [-0.05, 0) is 35.9 Å². The fourth-order valence-corrected chi connectivity index (χ4v) is 2.72. The zero-order chi connectivity index (χ0) is 21.7. The molecule has 3 aromatic rings. The maximum absolute atomic E-state index is 13.3. The third-order valence-electron chi connectivity index (χ3n) is 4.22. The highest BCUT2D eigenvalue weighted by Gasteiger charge is 2.12. The maximum atomic E-state index is 13.3. The van der Waals surface area contributed by atoms with Gasteiger partial charge in [0.05, 0.1) is 17.4 Å². The molecule has 0 saturated carbocycles. The van der Waals surface area contributed by atoms with Crippen molar-refractivity contribution >= 4 is 29.0 Å². The van der Waals surface area contributed by atoms with Crippen LogP contribution < -0.4 is 16.4 Å². The number of carbonyl (C=O) groups is 2. The predicted molar refractivity (Wildman–Crippen MR) is 112 cm³/mol. The quantitative estimate of drug-likeness (QED) is 0.554. The molecule has 2 aromatic heterocycles. The van der Waals surface area contributed by atoms with E-state index in [-0.39, 0.29) is 18.0 Å². The first-order valence-corrected chi connectivity index (χ1v) is 9.05. The fraction of sp³-hybridized carbons (Fsp3) is 0.143. The Kier molecular flexibility index (Phi) is 6.21. The van der Waals surface area contributed by atoms with Crippen molar-refractivity contribution in [2.45, 2.75) is 6.54 Å². The first-order valence-electron chi connectivity index (χ1n) is 9.05. The summed E-state index contributed by atoms with van der Waals surface area (Å²) in [7, 11) is 3.38. The Hall–Kier alpha value is -4.01. The molecule has 0 spiro atoms. The molecule has 0 aliphatic heterocycles. The van der Waals surface area contributed by atoms with Gasteiger partial charge in [-0.3, -0.25) is 14.6 Å². The number of nitrogens with one attached hydrogen (secondary N) is 2. The van der Waals surface area contributed by atoms with E-state index in [0.29, 0.717) is 28.3 Å². The highest BCUT2D eigenvalue weighted by molar-refractivity contribution is 5.98. The van der Waals surface area contributed by atoms with Gasteiger partial charge in [0.1, 0.15) is 11.6 Å². The van der Waals surface area contributed by atoms with Crippen molar-refractivity contribution in [2.24, 2.45) is 5.73 Å². The number of primary amides is 1. The van der Waals surface area contributed by atoms with Crippen molar-refractivity contribution in [3.05, 3.63) is 77.5 Å². The number of pyridine rings is 2. The number of benzene rings is 1. The summed E-state index contributed by atoms with van der Waals surface area (Å²) in [6.45, 7) is 0.246. The molecule has 9 heteroatoms. The van der Waals surface area contributed by atoms with Gasteiger partial charge < -0.3 is 21.3 Å². The van der Waals surface area contributed by atoms with E-state index in [1.165, 1.54) is 23.4 Å². The van der Waals surface area contributed by atoms with Crippen LogP contribution in [0.1, 0.15) is 26.3 Å². The molecule has 3 rings (SSSR count). The first-order chi connectivity index (χ1) is 14.3. The Bertz CT molecular complexity index is 1070. The monoisotopic (exact) mass is 408 g/mol. The van der Waals surface area contributed by atoms with E-state index in [4.69, 9.17) is 5.73 Å². The summed E-state index contributed by atoms with van der Waals surface area (Å²) in [4.78, 5) is 33.2. The number of aromatic nitrogens is 2. The minimum absolute atomic E-state index is 0.0937. The number of nitrogens with zero attached hydrogens (tertiary/aromatic N) is 3. The highest BCUT2D eigenvalue weighted by atomic mass is 19.1. The van der Waals surface area contributed by atoms with E-state index < -0.39 is 11.7 Å². The molecule has 0 aliphatic rings. The standard InChI is InChI=1S/C21H21FN6O2/c1-28(2)21(30)14-3-5-16(6-4-14)27-19-8-18(17(12-26-19)20(23)29)25-10-13-7-15(22)11-24-9-13/h3-9,11-12H,10H2,1-2H3,(H2,23,29)(H2,25,26,27). The van der Waals surface area contributed by atoms with Crippen LogP contribution in [0.3, 0.4) is 0 Å². The van der Waals surface area contributed by atoms with Crippen LogP contribution in [0.2, 0.25) is 0 Å². The average molecular weight is 408 g/mol. The van der Waals surface area contributed by atoms with E-state index in [9.17, 15) is 14.0 Å². The molecule has 0 saturated heterocycles. The molecule has 0 atom stereocenters. The lowest BCUT2D eigenvalue weighted by Gasteiger charge is -2.13. The molecule has 154 valence electrons. The average Bonchev–Trinajstić information content (AvgIpc) is 2.72. The van der Waals surface area contributed by atoms with Crippen LogP contribution in [-0.2, 0) is 6.54 Å². The normalized spacial score (nSPS) is 10.4. The van der Waals surface area contributed by atoms with Crippen LogP contribution in [0.5, 0.6) is 0 Å². The molecule has 0 fully saturated rings. The number of nitrogens with two attached hydrogens (primary N) is 1. The third-order valence-corrected chi connectivity index (χ3v) is 4.22. The van der Waals surface area contributed by atoms with Gasteiger partial charge in [-0.2, -0.15) is 0 Å². The molecule has 4 N–H and O–H groups in total. The van der Waals surface area contributed by atoms with E-state index >= 15 is 0 Å². The summed E-state index contributed by atoms with van der Waals surface area (Å²) in [6, 6.07) is 9.90. The van der Waals surface area contributed by atoms with Gasteiger partial charge in [0.2, 0.25) is 0 Å². The Balaban J connectivity index is 1.78. The predicted octanol–water partition coefficient (Wildman–Crippen LogP) is 2.77. The smallest absolute Gasteiger partial charge is 0.253 e. The Morgan fingerprint density at radius 1 is 1.10 bits per heavy atom. The van der Waals surface area contributed by atoms with Gasteiger partial charge >= 0.3 is 0 Å². The Morgan fingerprint density at radius 2 is 1.83 bits per heavy atom. The summed E-state index contributed by atoms with van der Waals surface area (Å²) in [5.74, 6) is -0.714. The van der Waals surface area contributed by atoms with Crippen molar-refractivity contribution in [1.29, 1.82) is 0 Å². The van der Waals surface area contributed by atoms with Crippen molar-refractivity contribution in [1.82, 2.24) is 14.9 Å². The lowest BCUT2D eigenvalue weighted by atomic mass is 10.1. The Morgan fingerprint density at radius 3 is 2.47 bits per heavy atom. The number of rotatable bonds is 7. The molecule has 30 heavy (non-hydrogen) atoms. The minimum Gasteiger partial charge on any atom is -0.380 e. The molecule has 0 unspecified atom stereocenters. The number of amides is 2. The number of carbonyl (C=O) groups excluding carboxylic acids is 2. The number of anilines is 3. The van der Waals surface area contributed by atoms with E-state index in [1.807, 2.05) is 0 Å². The van der Waals surface area contributed by atoms with Gasteiger partial charge in [0, 0.05) is 50.4 Å². The second kappa shape index (κ2) is 8.99. The Labute approximate surface area is 172 Å². The SMILES string of the molecule is CN(C)C(=O)c1ccc(Nc2cc(NCc3cncc(F)c3)c(C(N)=O)cn2)cc1. The van der Waals surface area contributed by atoms with Crippen LogP contribution in [-0.4, -0.2) is 40.8 Å². The maximum Gasteiger partial charge on any atom is 0.253 e. The molecular formula is C21H21FN6O2. The number of hydrogen-bond acceptors (Lipinski definition) is 6. The van der Waals surface area contributed by atoms with Crippen molar-refractivity contribution in [3.8, 4) is 0 Å². The van der Waals surface area contributed by atoms with E-state index in [0.717, 1.165) is 6.20 Å². The molecular weight excluding hydrogens is 387 g/mol. The van der Waals surface area contributed by atoms with Gasteiger partial charge in [-0.15, -0.1) is 0 Å². The van der Waals surface area contributed by atoms with Crippen molar-refractivity contribution < 1.29 is 14.0 Å². The molecule has 0 bridgehead atoms. The second-order valence-electron chi connectivity index (χ2n) is 6.75. The molecule has 1 aromatic carbocycles. The summed E-state index contributed by atoms with van der Waals surface area (Å²) >= 11 is 0. The van der Waals surface area contributed by atoms with Gasteiger partial charge in [0.25, 0.3) is 11.8 Å². The molecule has 0 aliphatic carbocycles. The molecule has 2 amide bonds. The third kappa shape index (κ3) is 5.07. The van der Waals surface area contributed by atoms with Crippen LogP contribution in [0.15, 0.2) is 55.0 Å². The first kappa shape index (κ1) is 20.7. The van der Waals surface area contributed by atoms with Gasteiger partial charge in [0.15, 0.2) is 0 Å². The summed E-state index contributed by atoms with van der Waals surface area (Å²) in [5.41, 5.74) is 7.97. The molecule has 0 radical (unpaired) electrons. The molecule has 8 nitrogen and oxygen atoms in total. The number of hydrogen-bond donors (Lipinski definition) is 3. The minimum atomic E-state index is -0.638. The second-order valence-corrected chi connectivity index (χ2v) is 6.75. The van der Waals surface area contributed by atoms with Gasteiger partial charge in [-0.25, -0.2) is 9.37 Å². The zero-order valence-corrected chi connectivity index (χ0v) is 16.5. The van der Waals surface area contributed by atoms with Gasteiger partial charge in [-0.1, -0.05) is 0 Å². The van der Waals surface area contributed by atoms with E-state index in [1.54, 1.807) is 44.4 Å². The van der Waals surface area contributed by atoms with Crippen LogP contribution in [0.4, 0.5) is 21.6 Å². The topological polar surface area (TPSA) is 113 Å². The zero-order valence-electron chi connectivity index (χ0n) is 16.5. The number of halogens is 1. The molecule has 2 heterocycles. The van der Waals surface area contributed by atoms with Crippen molar-refractivity contribution in [3.63, 3.8) is 0 Å². The largest absolute Gasteiger partial charge is 0.380 e. The lowest BCUT2D eigenvalue weighted by molar-refractivity contribution is 0.0827. The van der Waals surface area contributed by atoms with Crippen LogP contribution in [0.25, 0.3) is 0 Å². The van der Waals surface area contributed by atoms with Crippen LogP contribution in [0, 0.1) is 5.82 Å². The summed E-state index contributed by atoms with van der Waals surface area (Å²) in [5, 5.41) is 6.18. The van der Waals surface area contributed by atoms with Crippen molar-refractivity contribution in [2.75, 3.05) is 24.7 Å². The van der Waals surface area contributed by atoms with Crippen LogP contribution >= 0.6 is 0 Å².